The Morgan fingerprint density at radius 1 is 1.38 bits per heavy atom. The lowest BCUT2D eigenvalue weighted by atomic mass is 10.3. The van der Waals surface area contributed by atoms with Crippen LogP contribution >= 0.6 is 0 Å². The number of aryl methyl sites for hydroxylation is 1. The average Bonchev–Trinajstić information content (AvgIpc) is 2.78. The maximum absolute atomic E-state index is 4.48. The van der Waals surface area contributed by atoms with Crippen molar-refractivity contribution in [2.24, 2.45) is 0 Å². The molecule has 0 fully saturated rings. The fraction of sp³-hybridized carbons (Fsp3) is 0.333. The van der Waals surface area contributed by atoms with Gasteiger partial charge in [-0.05, 0) is 18.6 Å². The van der Waals surface area contributed by atoms with E-state index in [9.17, 15) is 0 Å². The van der Waals surface area contributed by atoms with Crippen molar-refractivity contribution in [1.82, 2.24) is 14.5 Å². The molecule has 0 radical (unpaired) electrons. The van der Waals surface area contributed by atoms with Crippen molar-refractivity contribution in [3.63, 3.8) is 0 Å². The van der Waals surface area contributed by atoms with Gasteiger partial charge in [0.25, 0.3) is 0 Å². The molecular weight excluding hydrogens is 200 g/mol. The molecule has 4 nitrogen and oxygen atoms in total. The molecule has 2 heterocycles. The summed E-state index contributed by atoms with van der Waals surface area (Å²) < 4.78 is 2.13. The van der Waals surface area contributed by atoms with Gasteiger partial charge in [0, 0.05) is 26.0 Å². The molecule has 0 atom stereocenters. The predicted octanol–water partition coefficient (Wildman–Crippen LogP) is 2.40. The van der Waals surface area contributed by atoms with E-state index in [1.54, 1.807) is 0 Å². The summed E-state index contributed by atoms with van der Waals surface area (Å²) in [4.78, 5) is 8.84. The van der Waals surface area contributed by atoms with E-state index in [2.05, 4.69) is 26.8 Å². The number of nitrogens with zero attached hydrogens (tertiary/aromatic N) is 3. The van der Waals surface area contributed by atoms with Gasteiger partial charge in [0.15, 0.2) is 5.82 Å². The highest BCUT2D eigenvalue weighted by molar-refractivity contribution is 5.53. The number of pyridine rings is 1. The first-order valence-corrected chi connectivity index (χ1v) is 5.51. The summed E-state index contributed by atoms with van der Waals surface area (Å²) in [6.07, 6.45) is 4.90. The number of hydrogen-bond acceptors (Lipinski definition) is 3. The number of hydrogen-bond donors (Lipinski definition) is 1. The molecule has 0 saturated heterocycles. The number of imidazole rings is 1. The maximum atomic E-state index is 4.48. The molecule has 0 aliphatic rings. The minimum absolute atomic E-state index is 0.864. The van der Waals surface area contributed by atoms with Crippen LogP contribution in [0.3, 0.4) is 0 Å². The second-order valence-electron chi connectivity index (χ2n) is 3.60. The van der Waals surface area contributed by atoms with Crippen molar-refractivity contribution in [2.75, 3.05) is 12.4 Å². The van der Waals surface area contributed by atoms with Crippen LogP contribution in [0.4, 0.5) is 5.82 Å². The zero-order valence-corrected chi connectivity index (χ0v) is 9.64. The molecule has 2 aromatic heterocycles. The fourth-order valence-electron chi connectivity index (χ4n) is 1.66. The molecule has 0 spiro atoms. The van der Waals surface area contributed by atoms with Gasteiger partial charge >= 0.3 is 0 Å². The molecule has 4 heteroatoms. The van der Waals surface area contributed by atoms with Crippen molar-refractivity contribution in [3.8, 4) is 11.5 Å². The molecule has 0 bridgehead atoms. The average molecular weight is 216 g/mol. The second-order valence-corrected chi connectivity index (χ2v) is 3.60. The molecule has 0 unspecified atom stereocenters. The molecule has 0 aliphatic heterocycles. The molecular formula is C12H16N4. The molecule has 0 aliphatic carbocycles. The standard InChI is InChI=1S/C12H16N4/c1-3-8-16-9-7-14-12(16)10-5-4-6-11(13-2)15-10/h4-7,9H,3,8H2,1-2H3,(H,13,15). The van der Waals surface area contributed by atoms with E-state index in [4.69, 9.17) is 0 Å². The molecule has 0 aromatic carbocycles. The maximum Gasteiger partial charge on any atom is 0.158 e. The summed E-state index contributed by atoms with van der Waals surface area (Å²) in [5.41, 5.74) is 0.908. The molecule has 2 aromatic rings. The van der Waals surface area contributed by atoms with Crippen molar-refractivity contribution in [2.45, 2.75) is 19.9 Å². The smallest absolute Gasteiger partial charge is 0.158 e. The van der Waals surface area contributed by atoms with E-state index < -0.39 is 0 Å². The first-order valence-electron chi connectivity index (χ1n) is 5.51. The third kappa shape index (κ3) is 2.05. The Balaban J connectivity index is 2.37. The first-order chi connectivity index (χ1) is 7.85. The highest BCUT2D eigenvalue weighted by Crippen LogP contribution is 2.17. The van der Waals surface area contributed by atoms with Crippen molar-refractivity contribution < 1.29 is 0 Å². The fourth-order valence-corrected chi connectivity index (χ4v) is 1.66. The van der Waals surface area contributed by atoms with Crippen LogP contribution in [0.2, 0.25) is 0 Å². The zero-order valence-electron chi connectivity index (χ0n) is 9.64. The van der Waals surface area contributed by atoms with Gasteiger partial charge in [-0.25, -0.2) is 9.97 Å². The quantitative estimate of drug-likeness (QED) is 0.853. The summed E-state index contributed by atoms with van der Waals surface area (Å²) in [5, 5.41) is 3.03. The van der Waals surface area contributed by atoms with E-state index in [-0.39, 0.29) is 0 Å². The Morgan fingerprint density at radius 3 is 3.00 bits per heavy atom. The van der Waals surface area contributed by atoms with Crippen molar-refractivity contribution in [3.05, 3.63) is 30.6 Å². The van der Waals surface area contributed by atoms with Crippen LogP contribution in [0.15, 0.2) is 30.6 Å². The molecule has 16 heavy (non-hydrogen) atoms. The van der Waals surface area contributed by atoms with Gasteiger partial charge in [-0.2, -0.15) is 0 Å². The largest absolute Gasteiger partial charge is 0.373 e. The Bertz CT molecular complexity index is 462. The number of aromatic nitrogens is 3. The van der Waals surface area contributed by atoms with Crippen LogP contribution in [0.5, 0.6) is 0 Å². The number of nitrogens with one attached hydrogen (secondary N) is 1. The molecule has 1 N–H and O–H groups in total. The van der Waals surface area contributed by atoms with Gasteiger partial charge in [-0.3, -0.25) is 0 Å². The summed E-state index contributed by atoms with van der Waals surface area (Å²) in [6.45, 7) is 3.13. The predicted molar refractivity (Wildman–Crippen MR) is 65.3 cm³/mol. The minimum Gasteiger partial charge on any atom is -0.373 e. The number of anilines is 1. The van der Waals surface area contributed by atoms with Crippen LogP contribution in [0, 0.1) is 0 Å². The van der Waals surface area contributed by atoms with E-state index >= 15 is 0 Å². The Morgan fingerprint density at radius 2 is 2.25 bits per heavy atom. The van der Waals surface area contributed by atoms with Crippen LogP contribution in [0.1, 0.15) is 13.3 Å². The normalized spacial score (nSPS) is 10.4. The Kier molecular flexibility index (Phi) is 3.19. The van der Waals surface area contributed by atoms with Gasteiger partial charge in [-0.1, -0.05) is 13.0 Å². The first kappa shape index (κ1) is 10.7. The minimum atomic E-state index is 0.864. The highest BCUT2D eigenvalue weighted by atomic mass is 15.1. The van der Waals surface area contributed by atoms with Gasteiger partial charge in [0.1, 0.15) is 11.5 Å². The van der Waals surface area contributed by atoms with Crippen LogP contribution in [-0.2, 0) is 6.54 Å². The third-order valence-electron chi connectivity index (χ3n) is 2.41. The van der Waals surface area contributed by atoms with E-state index in [0.29, 0.717) is 0 Å². The molecule has 0 amide bonds. The van der Waals surface area contributed by atoms with Gasteiger partial charge in [0.05, 0.1) is 0 Å². The summed E-state index contributed by atoms with van der Waals surface area (Å²) in [7, 11) is 1.87. The van der Waals surface area contributed by atoms with Crippen LogP contribution in [0.25, 0.3) is 11.5 Å². The Hall–Kier alpha value is -1.84. The summed E-state index contributed by atoms with van der Waals surface area (Å²) in [5.74, 6) is 1.79. The molecule has 84 valence electrons. The lowest BCUT2D eigenvalue weighted by Crippen LogP contribution is -2.01. The van der Waals surface area contributed by atoms with E-state index in [1.165, 1.54) is 0 Å². The summed E-state index contributed by atoms with van der Waals surface area (Å²) in [6, 6.07) is 5.91. The number of rotatable bonds is 4. The monoisotopic (exact) mass is 216 g/mol. The zero-order chi connectivity index (χ0) is 11.4. The molecule has 0 saturated carbocycles. The van der Waals surface area contributed by atoms with Gasteiger partial charge < -0.3 is 9.88 Å². The summed E-state index contributed by atoms with van der Waals surface area (Å²) >= 11 is 0. The second kappa shape index (κ2) is 4.79. The van der Waals surface area contributed by atoms with E-state index in [1.807, 2.05) is 37.6 Å². The van der Waals surface area contributed by atoms with Crippen LogP contribution < -0.4 is 5.32 Å². The van der Waals surface area contributed by atoms with E-state index in [0.717, 1.165) is 30.3 Å². The molecule has 2 rings (SSSR count). The van der Waals surface area contributed by atoms with Crippen molar-refractivity contribution >= 4 is 5.82 Å². The Labute approximate surface area is 95.4 Å². The SMILES string of the molecule is CCCn1ccnc1-c1cccc(NC)n1. The third-order valence-corrected chi connectivity index (χ3v) is 2.41. The van der Waals surface area contributed by atoms with Crippen LogP contribution in [-0.4, -0.2) is 21.6 Å². The van der Waals surface area contributed by atoms with Gasteiger partial charge in [-0.15, -0.1) is 0 Å². The van der Waals surface area contributed by atoms with Gasteiger partial charge in [0.2, 0.25) is 0 Å². The highest BCUT2D eigenvalue weighted by Gasteiger charge is 2.06. The topological polar surface area (TPSA) is 42.7 Å². The van der Waals surface area contributed by atoms with Crippen molar-refractivity contribution in [1.29, 1.82) is 0 Å². The lowest BCUT2D eigenvalue weighted by molar-refractivity contribution is 0.684. The lowest BCUT2D eigenvalue weighted by Gasteiger charge is -2.06.